The van der Waals surface area contributed by atoms with Gasteiger partial charge < -0.3 is 33.2 Å². The smallest absolute Gasteiger partial charge is 0.231 e. The summed E-state index contributed by atoms with van der Waals surface area (Å²) in [6.07, 6.45) is 19.5. The first-order valence-corrected chi connectivity index (χ1v) is 19.3. The van der Waals surface area contributed by atoms with Crippen LogP contribution in [0.3, 0.4) is 0 Å². The van der Waals surface area contributed by atoms with E-state index < -0.39 is 0 Å². The van der Waals surface area contributed by atoms with Crippen molar-refractivity contribution < 1.29 is 33.2 Å². The number of hydrogen-bond acceptors (Lipinski definition) is 7. The average Bonchev–Trinajstić information content (AvgIpc) is 3.58. The van der Waals surface area contributed by atoms with Crippen molar-refractivity contribution in [3.8, 4) is 45.6 Å². The van der Waals surface area contributed by atoms with E-state index in [1.165, 1.54) is 28.7 Å². The Balaban J connectivity index is 0.000000292. The molecule has 0 unspecified atom stereocenters. The summed E-state index contributed by atoms with van der Waals surface area (Å²) in [4.78, 5) is 10.9. The maximum Gasteiger partial charge on any atom is 0.231 e. The Kier molecular flexibility index (Phi) is 17.6. The predicted octanol–water partition coefficient (Wildman–Crippen LogP) is 12.0. The largest absolute Gasteiger partial charge is 0.493 e. The van der Waals surface area contributed by atoms with Crippen LogP contribution in [-0.2, 0) is 17.6 Å². The molecule has 0 saturated heterocycles. The maximum atomic E-state index is 10.9. The third kappa shape index (κ3) is 12.5. The monoisotopic (exact) mass is 730 g/mol. The van der Waals surface area contributed by atoms with Crippen LogP contribution in [0.25, 0.3) is 11.1 Å². The van der Waals surface area contributed by atoms with Crippen LogP contribution in [0.2, 0.25) is 0 Å². The van der Waals surface area contributed by atoms with Gasteiger partial charge in [-0.05, 0) is 134 Å². The molecule has 1 aliphatic carbocycles. The van der Waals surface area contributed by atoms with Gasteiger partial charge in [-0.15, -0.1) is 0 Å². The number of carbonyl (C=O) groups is 1. The molecule has 0 fully saturated rings. The standard InChI is InChI=1S/C23H28O6.C23H38O/c1-12-7-14-9-16(24-3)20(25-4)22(26-5)18(14)19-15(8-13(12)2)10-17-21(23(19)27-6)29-11-28-17;1-19(2)11-7-12-20(3)13-8-14-21(4)15-9-16-22(5)17-10-18-23(6)24/h9-10,12-13H,7-8,11H2,1-6H3;11,13,15,17H,7-10,12,14,16,18H2,1-6H3/b;20-13+,21-15+,22-17+/t12-,13+;/m0./s1. The molecule has 1 aliphatic heterocycles. The number of hydrogen-bond donors (Lipinski definition) is 0. The second-order valence-corrected chi connectivity index (χ2v) is 15.0. The number of carbonyl (C=O) groups excluding carboxylic acids is 1. The lowest BCUT2D eigenvalue weighted by Crippen LogP contribution is -2.18. The minimum atomic E-state index is 0.191. The summed E-state index contributed by atoms with van der Waals surface area (Å²) in [5.41, 5.74) is 10.0. The molecule has 2 aliphatic rings. The third-order valence-electron chi connectivity index (χ3n) is 10.3. The van der Waals surface area contributed by atoms with Crippen LogP contribution in [0.4, 0.5) is 0 Å². The van der Waals surface area contributed by atoms with Gasteiger partial charge in [-0.3, -0.25) is 0 Å². The normalized spacial score (nSPS) is 16.6. The van der Waals surface area contributed by atoms with Gasteiger partial charge in [0, 0.05) is 17.5 Å². The fraction of sp³-hybridized carbons (Fsp3) is 0.543. The van der Waals surface area contributed by atoms with Crippen LogP contribution in [-0.4, -0.2) is 41.0 Å². The lowest BCUT2D eigenvalue weighted by atomic mass is 9.77. The summed E-state index contributed by atoms with van der Waals surface area (Å²) in [5.74, 6) is 5.12. The van der Waals surface area contributed by atoms with Gasteiger partial charge in [0.05, 0.1) is 28.4 Å². The van der Waals surface area contributed by atoms with Gasteiger partial charge in [-0.25, -0.2) is 0 Å². The van der Waals surface area contributed by atoms with Crippen LogP contribution in [0.1, 0.15) is 118 Å². The van der Waals surface area contributed by atoms with E-state index in [9.17, 15) is 4.79 Å². The van der Waals surface area contributed by atoms with Gasteiger partial charge in [0.2, 0.25) is 18.3 Å². The molecule has 4 rings (SSSR count). The Hall–Kier alpha value is -4.13. The molecule has 1 heterocycles. The zero-order valence-corrected chi connectivity index (χ0v) is 34.8. The highest BCUT2D eigenvalue weighted by molar-refractivity contribution is 5.88. The number of fused-ring (bicyclic) bond motifs is 4. The molecule has 0 N–H and O–H groups in total. The van der Waals surface area contributed by atoms with E-state index in [0.29, 0.717) is 47.0 Å². The highest BCUT2D eigenvalue weighted by Crippen LogP contribution is 2.56. The first-order valence-electron chi connectivity index (χ1n) is 19.3. The topological polar surface area (TPSA) is 72.5 Å². The molecule has 53 heavy (non-hydrogen) atoms. The van der Waals surface area contributed by atoms with Crippen molar-refractivity contribution in [1.29, 1.82) is 0 Å². The van der Waals surface area contributed by atoms with Crippen LogP contribution < -0.4 is 28.4 Å². The minimum absolute atomic E-state index is 0.191. The van der Waals surface area contributed by atoms with Gasteiger partial charge in [-0.2, -0.15) is 0 Å². The number of rotatable bonds is 16. The summed E-state index contributed by atoms with van der Waals surface area (Å²) >= 11 is 0. The van der Waals surface area contributed by atoms with Crippen molar-refractivity contribution in [3.63, 3.8) is 0 Å². The highest BCUT2D eigenvalue weighted by atomic mass is 16.7. The van der Waals surface area contributed by atoms with Crippen LogP contribution in [0.15, 0.2) is 58.7 Å². The average molecular weight is 731 g/mol. The SMILES string of the molecule is CC(=O)CC/C=C(\C)CC/C=C(\C)CC/C=C(\C)CCC=C(C)C.COc1cc2c(c(OC)c1OC)-c1c(cc3c(c1OC)OCO3)C[C@@H](C)[C@@H](C)C2. The molecular formula is C46H66O7. The number of methoxy groups -OCH3 is 4. The quantitative estimate of drug-likeness (QED) is 0.159. The summed E-state index contributed by atoms with van der Waals surface area (Å²) < 4.78 is 34.5. The molecule has 2 atom stereocenters. The molecule has 2 aromatic carbocycles. The third-order valence-corrected chi connectivity index (χ3v) is 10.3. The first kappa shape index (κ1) is 43.3. The van der Waals surface area contributed by atoms with Crippen molar-refractivity contribution in [2.45, 2.75) is 120 Å². The zero-order chi connectivity index (χ0) is 39.1. The number of allylic oxidation sites excluding steroid dienone is 8. The molecule has 7 nitrogen and oxygen atoms in total. The van der Waals surface area contributed by atoms with E-state index in [0.717, 1.165) is 79.4 Å². The molecule has 0 bridgehead atoms. The number of Topliss-reactive ketones (excluding diaryl/α,β-unsaturated/α-hetero) is 1. The van der Waals surface area contributed by atoms with Gasteiger partial charge in [0.1, 0.15) is 5.78 Å². The van der Waals surface area contributed by atoms with Crippen molar-refractivity contribution in [2.75, 3.05) is 35.2 Å². The summed E-state index contributed by atoms with van der Waals surface area (Å²) in [6, 6.07) is 4.13. The molecule has 292 valence electrons. The van der Waals surface area contributed by atoms with E-state index in [2.05, 4.69) is 84.9 Å². The Bertz CT molecular complexity index is 1650. The van der Waals surface area contributed by atoms with Crippen molar-refractivity contribution in [3.05, 3.63) is 69.9 Å². The Morgan fingerprint density at radius 3 is 1.57 bits per heavy atom. The molecule has 0 radical (unpaired) electrons. The van der Waals surface area contributed by atoms with Gasteiger partial charge >= 0.3 is 0 Å². The molecule has 0 spiro atoms. The molecular weight excluding hydrogens is 664 g/mol. The number of ketones is 1. The number of benzene rings is 2. The van der Waals surface area contributed by atoms with E-state index in [1.807, 2.05) is 0 Å². The van der Waals surface area contributed by atoms with Crippen molar-refractivity contribution in [2.24, 2.45) is 11.8 Å². The second-order valence-electron chi connectivity index (χ2n) is 15.0. The summed E-state index contributed by atoms with van der Waals surface area (Å²) in [5, 5.41) is 0. The van der Waals surface area contributed by atoms with Gasteiger partial charge in [-0.1, -0.05) is 60.4 Å². The van der Waals surface area contributed by atoms with Crippen LogP contribution in [0, 0.1) is 11.8 Å². The molecule has 0 amide bonds. The Labute approximate surface area is 320 Å². The molecule has 0 aromatic heterocycles. The molecule has 0 saturated carbocycles. The second kappa shape index (κ2) is 21.5. The van der Waals surface area contributed by atoms with E-state index in [4.69, 9.17) is 28.4 Å². The van der Waals surface area contributed by atoms with Crippen LogP contribution in [0.5, 0.6) is 34.5 Å². The zero-order valence-electron chi connectivity index (χ0n) is 34.8. The van der Waals surface area contributed by atoms with E-state index in [-0.39, 0.29) is 12.6 Å². The molecule has 7 heteroatoms. The van der Waals surface area contributed by atoms with Crippen molar-refractivity contribution in [1.82, 2.24) is 0 Å². The maximum absolute atomic E-state index is 10.9. The fourth-order valence-corrected chi connectivity index (χ4v) is 6.94. The van der Waals surface area contributed by atoms with E-state index >= 15 is 0 Å². The Morgan fingerprint density at radius 1 is 0.623 bits per heavy atom. The van der Waals surface area contributed by atoms with Crippen LogP contribution >= 0.6 is 0 Å². The van der Waals surface area contributed by atoms with E-state index in [1.54, 1.807) is 35.4 Å². The summed E-state index contributed by atoms with van der Waals surface area (Å²) in [7, 11) is 6.58. The first-order chi connectivity index (χ1) is 25.3. The number of ether oxygens (including phenoxy) is 6. The van der Waals surface area contributed by atoms with Gasteiger partial charge in [0.15, 0.2) is 23.0 Å². The van der Waals surface area contributed by atoms with Gasteiger partial charge in [0.25, 0.3) is 0 Å². The minimum Gasteiger partial charge on any atom is -0.493 e. The lowest BCUT2D eigenvalue weighted by molar-refractivity contribution is -0.116. The Morgan fingerprint density at radius 2 is 1.09 bits per heavy atom. The molecule has 2 aromatic rings. The highest BCUT2D eigenvalue weighted by Gasteiger charge is 2.34. The fourth-order valence-electron chi connectivity index (χ4n) is 6.94. The summed E-state index contributed by atoms with van der Waals surface area (Å²) in [6.45, 7) is 17.4. The lowest BCUT2D eigenvalue weighted by Gasteiger charge is -2.30. The predicted molar refractivity (Wildman–Crippen MR) is 218 cm³/mol. The van der Waals surface area contributed by atoms with Crippen molar-refractivity contribution >= 4 is 5.78 Å².